The molecular formula is C15H14BrClN2O. The summed E-state index contributed by atoms with van der Waals surface area (Å²) in [5.41, 5.74) is 7.64. The van der Waals surface area contributed by atoms with Crippen molar-refractivity contribution in [2.75, 3.05) is 5.73 Å². The molecule has 2 rings (SSSR count). The lowest BCUT2D eigenvalue weighted by molar-refractivity contribution is 0.0940. The first-order chi connectivity index (χ1) is 9.45. The van der Waals surface area contributed by atoms with Gasteiger partial charge in [-0.05, 0) is 42.8 Å². The number of carbonyl (C=O) groups excluding carboxylic acids is 1. The van der Waals surface area contributed by atoms with E-state index >= 15 is 0 Å². The maximum atomic E-state index is 12.2. The van der Waals surface area contributed by atoms with Crippen molar-refractivity contribution < 1.29 is 4.79 Å². The number of carbonyl (C=O) groups is 1. The lowest BCUT2D eigenvalue weighted by atomic mass is 10.1. The van der Waals surface area contributed by atoms with E-state index in [0.717, 1.165) is 10.0 Å². The minimum atomic E-state index is -0.199. The Morgan fingerprint density at radius 1 is 1.25 bits per heavy atom. The summed E-state index contributed by atoms with van der Waals surface area (Å²) in [7, 11) is 0. The molecule has 1 amide bonds. The Morgan fingerprint density at radius 3 is 2.50 bits per heavy atom. The molecule has 0 spiro atoms. The molecule has 0 fully saturated rings. The number of benzene rings is 2. The SMILES string of the molecule is C[C@H](NC(=O)c1cc(N)cc(Cl)c1)c1ccc(Br)cc1. The number of amides is 1. The second-order valence-corrected chi connectivity index (χ2v) is 5.87. The molecule has 20 heavy (non-hydrogen) atoms. The average Bonchev–Trinajstić information content (AvgIpc) is 2.38. The van der Waals surface area contributed by atoms with Crippen molar-refractivity contribution in [1.82, 2.24) is 5.32 Å². The topological polar surface area (TPSA) is 55.1 Å². The molecule has 5 heteroatoms. The van der Waals surface area contributed by atoms with E-state index in [0.29, 0.717) is 16.3 Å². The summed E-state index contributed by atoms with van der Waals surface area (Å²) in [5, 5.41) is 3.37. The summed E-state index contributed by atoms with van der Waals surface area (Å²) in [6, 6.07) is 12.5. The van der Waals surface area contributed by atoms with E-state index in [2.05, 4.69) is 21.2 Å². The molecule has 0 unspecified atom stereocenters. The molecule has 2 aromatic carbocycles. The lowest BCUT2D eigenvalue weighted by Crippen LogP contribution is -2.26. The van der Waals surface area contributed by atoms with Crippen LogP contribution in [0, 0.1) is 0 Å². The predicted molar refractivity (Wildman–Crippen MR) is 85.9 cm³/mol. The minimum Gasteiger partial charge on any atom is -0.399 e. The minimum absolute atomic E-state index is 0.101. The van der Waals surface area contributed by atoms with Gasteiger partial charge >= 0.3 is 0 Å². The first kappa shape index (κ1) is 14.9. The van der Waals surface area contributed by atoms with Gasteiger partial charge in [0.25, 0.3) is 5.91 Å². The zero-order valence-electron chi connectivity index (χ0n) is 10.9. The monoisotopic (exact) mass is 352 g/mol. The fraction of sp³-hybridized carbons (Fsp3) is 0.133. The maximum absolute atomic E-state index is 12.2. The normalized spacial score (nSPS) is 11.9. The first-order valence-electron chi connectivity index (χ1n) is 6.08. The van der Waals surface area contributed by atoms with Gasteiger partial charge < -0.3 is 11.1 Å². The van der Waals surface area contributed by atoms with Gasteiger partial charge in [-0.3, -0.25) is 4.79 Å². The van der Waals surface area contributed by atoms with Crippen molar-refractivity contribution in [2.45, 2.75) is 13.0 Å². The van der Waals surface area contributed by atoms with Gasteiger partial charge in [0.05, 0.1) is 6.04 Å². The zero-order valence-corrected chi connectivity index (χ0v) is 13.2. The Morgan fingerprint density at radius 2 is 1.90 bits per heavy atom. The van der Waals surface area contributed by atoms with Crippen molar-refractivity contribution in [1.29, 1.82) is 0 Å². The number of nitrogens with two attached hydrogens (primary N) is 1. The van der Waals surface area contributed by atoms with Gasteiger partial charge in [-0.15, -0.1) is 0 Å². The van der Waals surface area contributed by atoms with Crippen LogP contribution < -0.4 is 11.1 Å². The van der Waals surface area contributed by atoms with Crippen LogP contribution in [0.15, 0.2) is 46.9 Å². The van der Waals surface area contributed by atoms with Crippen molar-refractivity contribution in [2.24, 2.45) is 0 Å². The van der Waals surface area contributed by atoms with Gasteiger partial charge in [0, 0.05) is 20.7 Å². The molecule has 0 aliphatic rings. The number of nitrogen functional groups attached to an aromatic ring is 1. The first-order valence-corrected chi connectivity index (χ1v) is 7.25. The highest BCUT2D eigenvalue weighted by molar-refractivity contribution is 9.10. The summed E-state index contributed by atoms with van der Waals surface area (Å²) < 4.78 is 1.00. The number of anilines is 1. The molecule has 0 bridgehead atoms. The van der Waals surface area contributed by atoms with Crippen LogP contribution in [0.5, 0.6) is 0 Å². The third kappa shape index (κ3) is 3.74. The number of halogens is 2. The van der Waals surface area contributed by atoms with Crippen molar-refractivity contribution in [3.05, 3.63) is 63.1 Å². The van der Waals surface area contributed by atoms with Crippen LogP contribution in [0.25, 0.3) is 0 Å². The van der Waals surface area contributed by atoms with Crippen molar-refractivity contribution in [3.63, 3.8) is 0 Å². The third-order valence-corrected chi connectivity index (χ3v) is 3.65. The summed E-state index contributed by atoms with van der Waals surface area (Å²) in [6.45, 7) is 1.93. The Kier molecular flexibility index (Phi) is 4.68. The Bertz CT molecular complexity index is 608. The fourth-order valence-electron chi connectivity index (χ4n) is 1.86. The van der Waals surface area contributed by atoms with Crippen LogP contribution in [0.1, 0.15) is 28.9 Å². The number of hydrogen-bond acceptors (Lipinski definition) is 2. The molecule has 0 aliphatic carbocycles. The van der Waals surface area contributed by atoms with E-state index in [1.807, 2.05) is 31.2 Å². The van der Waals surface area contributed by atoms with Gasteiger partial charge in [0.2, 0.25) is 0 Å². The molecule has 0 aliphatic heterocycles. The highest BCUT2D eigenvalue weighted by atomic mass is 79.9. The molecular weight excluding hydrogens is 340 g/mol. The van der Waals surface area contributed by atoms with E-state index in [1.165, 1.54) is 0 Å². The van der Waals surface area contributed by atoms with E-state index in [-0.39, 0.29) is 11.9 Å². The molecule has 0 saturated carbocycles. The quantitative estimate of drug-likeness (QED) is 0.813. The van der Waals surface area contributed by atoms with E-state index in [1.54, 1.807) is 18.2 Å². The highest BCUT2D eigenvalue weighted by Crippen LogP contribution is 2.19. The van der Waals surface area contributed by atoms with E-state index < -0.39 is 0 Å². The highest BCUT2D eigenvalue weighted by Gasteiger charge is 2.12. The summed E-state index contributed by atoms with van der Waals surface area (Å²) in [4.78, 5) is 12.2. The standard InChI is InChI=1S/C15H14BrClN2O/c1-9(10-2-4-12(16)5-3-10)19-15(20)11-6-13(17)8-14(18)7-11/h2-9H,18H2,1H3,(H,19,20)/t9-/m0/s1. The van der Waals surface area contributed by atoms with Crippen molar-refractivity contribution in [3.8, 4) is 0 Å². The van der Waals surface area contributed by atoms with Crippen LogP contribution >= 0.6 is 27.5 Å². The molecule has 3 nitrogen and oxygen atoms in total. The molecule has 3 N–H and O–H groups in total. The molecule has 2 aromatic rings. The zero-order chi connectivity index (χ0) is 14.7. The van der Waals surface area contributed by atoms with Gasteiger partial charge in [-0.25, -0.2) is 0 Å². The average molecular weight is 354 g/mol. The predicted octanol–water partition coefficient (Wildman–Crippen LogP) is 4.18. The van der Waals surface area contributed by atoms with Crippen LogP contribution in [-0.4, -0.2) is 5.91 Å². The van der Waals surface area contributed by atoms with E-state index in [9.17, 15) is 4.79 Å². The third-order valence-electron chi connectivity index (χ3n) is 2.90. The van der Waals surface area contributed by atoms with Crippen molar-refractivity contribution >= 4 is 39.1 Å². The van der Waals surface area contributed by atoms with Gasteiger partial charge in [-0.1, -0.05) is 39.7 Å². The lowest BCUT2D eigenvalue weighted by Gasteiger charge is -2.15. The maximum Gasteiger partial charge on any atom is 0.251 e. The van der Waals surface area contributed by atoms with Crippen LogP contribution in [0.3, 0.4) is 0 Å². The van der Waals surface area contributed by atoms with Crippen LogP contribution in [0.4, 0.5) is 5.69 Å². The summed E-state index contributed by atoms with van der Waals surface area (Å²) >= 11 is 9.28. The largest absolute Gasteiger partial charge is 0.399 e. The summed E-state index contributed by atoms with van der Waals surface area (Å²) in [6.07, 6.45) is 0. The molecule has 1 atom stereocenters. The number of hydrogen-bond donors (Lipinski definition) is 2. The Labute approximate surface area is 131 Å². The van der Waals surface area contributed by atoms with E-state index in [4.69, 9.17) is 17.3 Å². The second kappa shape index (κ2) is 6.29. The molecule has 0 aromatic heterocycles. The van der Waals surface area contributed by atoms with Gasteiger partial charge in [-0.2, -0.15) is 0 Å². The fourth-order valence-corrected chi connectivity index (χ4v) is 2.37. The smallest absolute Gasteiger partial charge is 0.251 e. The number of rotatable bonds is 3. The second-order valence-electron chi connectivity index (χ2n) is 4.52. The molecule has 0 saturated heterocycles. The van der Waals surface area contributed by atoms with Gasteiger partial charge in [0.1, 0.15) is 0 Å². The van der Waals surface area contributed by atoms with Gasteiger partial charge in [0.15, 0.2) is 0 Å². The number of nitrogens with one attached hydrogen (secondary N) is 1. The molecule has 104 valence electrons. The Balaban J connectivity index is 2.12. The Hall–Kier alpha value is -1.52. The van der Waals surface area contributed by atoms with Crippen LogP contribution in [-0.2, 0) is 0 Å². The molecule has 0 radical (unpaired) electrons. The summed E-state index contributed by atoms with van der Waals surface area (Å²) in [5.74, 6) is -0.199. The van der Waals surface area contributed by atoms with Crippen LogP contribution in [0.2, 0.25) is 5.02 Å². The molecule has 0 heterocycles.